The second-order valence-electron chi connectivity index (χ2n) is 7.21. The number of hydrogen-bond donors (Lipinski definition) is 1. The van der Waals surface area contributed by atoms with E-state index in [4.69, 9.17) is 14.2 Å². The van der Waals surface area contributed by atoms with Gasteiger partial charge in [-0.2, -0.15) is 0 Å². The molecule has 168 valence electrons. The maximum atomic E-state index is 12.2. The van der Waals surface area contributed by atoms with Gasteiger partial charge in [-0.15, -0.1) is 0 Å². The number of ether oxygens (including phenoxy) is 3. The van der Waals surface area contributed by atoms with Crippen LogP contribution in [0.5, 0.6) is 23.0 Å². The van der Waals surface area contributed by atoms with Crippen molar-refractivity contribution in [1.29, 1.82) is 0 Å². The Balaban J connectivity index is 1.96. The molecule has 0 aromatic heterocycles. The van der Waals surface area contributed by atoms with Crippen LogP contribution < -0.4 is 14.2 Å². The minimum Gasteiger partial charge on any atom is -0.504 e. The fraction of sp³-hybridized carbons (Fsp3) is 0.231. The largest absolute Gasteiger partial charge is 0.504 e. The molecule has 0 aliphatic carbocycles. The number of rotatable bonds is 11. The highest BCUT2D eigenvalue weighted by atomic mass is 16.5. The zero-order valence-corrected chi connectivity index (χ0v) is 18.8. The van der Waals surface area contributed by atoms with Gasteiger partial charge in [-0.05, 0) is 67.5 Å². The van der Waals surface area contributed by atoms with Crippen molar-refractivity contribution in [2.45, 2.75) is 20.3 Å². The van der Waals surface area contributed by atoms with Gasteiger partial charge in [-0.3, -0.25) is 9.59 Å². The summed E-state index contributed by atoms with van der Waals surface area (Å²) in [6.45, 7) is 4.44. The number of benzene rings is 2. The second kappa shape index (κ2) is 12.2. The van der Waals surface area contributed by atoms with Gasteiger partial charge in [0.05, 0.1) is 20.6 Å². The molecule has 0 heterocycles. The predicted molar refractivity (Wildman–Crippen MR) is 125 cm³/mol. The number of phenolic OH excluding ortho intramolecular Hbond substituents is 1. The molecule has 0 aliphatic rings. The molecule has 2 aromatic carbocycles. The summed E-state index contributed by atoms with van der Waals surface area (Å²) in [7, 11) is 3.00. The lowest BCUT2D eigenvalue weighted by atomic mass is 10.1. The number of aromatic hydroxyl groups is 1. The van der Waals surface area contributed by atoms with E-state index >= 15 is 0 Å². The van der Waals surface area contributed by atoms with Crippen LogP contribution in [-0.4, -0.2) is 37.5 Å². The number of carbonyl (C=O) groups is 2. The predicted octanol–water partition coefficient (Wildman–Crippen LogP) is 5.01. The molecule has 0 saturated heterocycles. The molecule has 0 radical (unpaired) electrons. The van der Waals surface area contributed by atoms with Gasteiger partial charge in [0.1, 0.15) is 6.61 Å². The average molecular weight is 437 g/mol. The van der Waals surface area contributed by atoms with Crippen molar-refractivity contribution in [3.8, 4) is 23.0 Å². The van der Waals surface area contributed by atoms with Crippen LogP contribution in [0.3, 0.4) is 0 Å². The van der Waals surface area contributed by atoms with E-state index in [1.54, 1.807) is 43.5 Å². The van der Waals surface area contributed by atoms with Crippen molar-refractivity contribution < 1.29 is 28.9 Å². The number of methoxy groups -OCH3 is 2. The molecule has 0 saturated carbocycles. The third kappa shape index (κ3) is 7.80. The molecule has 0 atom stereocenters. The molecule has 0 fully saturated rings. The molecule has 2 aromatic rings. The van der Waals surface area contributed by atoms with Crippen LogP contribution in [0.2, 0.25) is 0 Å². The molecule has 2 rings (SSSR count). The molecule has 0 unspecified atom stereocenters. The van der Waals surface area contributed by atoms with E-state index in [1.165, 1.54) is 25.3 Å². The first-order chi connectivity index (χ1) is 15.3. The summed E-state index contributed by atoms with van der Waals surface area (Å²) >= 11 is 0. The molecule has 1 N–H and O–H groups in total. The number of ketones is 2. The van der Waals surface area contributed by atoms with E-state index in [2.05, 4.69) is 0 Å². The first kappa shape index (κ1) is 24.5. The number of hydrogen-bond acceptors (Lipinski definition) is 6. The van der Waals surface area contributed by atoms with Gasteiger partial charge in [-0.1, -0.05) is 29.9 Å². The number of carbonyl (C=O) groups excluding carboxylic acids is 2. The Morgan fingerprint density at radius 2 is 1.41 bits per heavy atom. The zero-order valence-electron chi connectivity index (χ0n) is 18.8. The fourth-order valence-corrected chi connectivity index (χ4v) is 2.67. The Hall–Kier alpha value is -3.80. The smallest absolute Gasteiger partial charge is 0.163 e. The molecule has 0 amide bonds. The van der Waals surface area contributed by atoms with Crippen molar-refractivity contribution in [3.63, 3.8) is 0 Å². The van der Waals surface area contributed by atoms with E-state index in [1.807, 2.05) is 26.0 Å². The van der Waals surface area contributed by atoms with E-state index in [-0.39, 0.29) is 23.7 Å². The first-order valence-electron chi connectivity index (χ1n) is 10.1. The van der Waals surface area contributed by atoms with Crippen LogP contribution >= 0.6 is 0 Å². The molecule has 6 heteroatoms. The van der Waals surface area contributed by atoms with Crippen LogP contribution in [0.25, 0.3) is 12.2 Å². The van der Waals surface area contributed by atoms with Crippen molar-refractivity contribution in [2.24, 2.45) is 0 Å². The van der Waals surface area contributed by atoms with Crippen LogP contribution in [-0.2, 0) is 9.59 Å². The Morgan fingerprint density at radius 3 is 1.97 bits per heavy atom. The standard InChI is InChI=1S/C26H28O6/c1-18(2)13-14-32-24-12-8-20(16-26(24)31-4)6-10-22(28)17-21(27)9-5-19-7-11-23(29)25(15-19)30-3/h5-13,15-16,29H,14,17H2,1-4H3/b9-5+,10-6+. The van der Waals surface area contributed by atoms with Crippen molar-refractivity contribution >= 4 is 23.7 Å². The summed E-state index contributed by atoms with van der Waals surface area (Å²) in [4.78, 5) is 24.2. The Labute approximate surface area is 188 Å². The molecule has 32 heavy (non-hydrogen) atoms. The lowest BCUT2D eigenvalue weighted by molar-refractivity contribution is -0.121. The number of phenols is 1. The van der Waals surface area contributed by atoms with E-state index in [0.717, 1.165) is 11.1 Å². The quantitative estimate of drug-likeness (QED) is 0.303. The van der Waals surface area contributed by atoms with Gasteiger partial charge in [0, 0.05) is 0 Å². The minimum absolute atomic E-state index is 0.0143. The van der Waals surface area contributed by atoms with Crippen molar-refractivity contribution in [2.75, 3.05) is 20.8 Å². The summed E-state index contributed by atoms with van der Waals surface area (Å²) < 4.78 is 16.1. The fourth-order valence-electron chi connectivity index (χ4n) is 2.67. The molecular weight excluding hydrogens is 408 g/mol. The maximum Gasteiger partial charge on any atom is 0.163 e. The lowest BCUT2D eigenvalue weighted by Crippen LogP contribution is -2.02. The minimum atomic E-state index is -0.327. The van der Waals surface area contributed by atoms with Gasteiger partial charge in [0.2, 0.25) is 0 Å². The Morgan fingerprint density at radius 1 is 0.844 bits per heavy atom. The number of allylic oxidation sites excluding steroid dienone is 3. The Kier molecular flexibility index (Phi) is 9.29. The molecule has 0 aliphatic heterocycles. The summed E-state index contributed by atoms with van der Waals surface area (Å²) in [5.41, 5.74) is 2.59. The van der Waals surface area contributed by atoms with Crippen LogP contribution in [0.1, 0.15) is 31.4 Å². The van der Waals surface area contributed by atoms with E-state index < -0.39 is 0 Å². The van der Waals surface area contributed by atoms with E-state index in [9.17, 15) is 14.7 Å². The van der Waals surface area contributed by atoms with Gasteiger partial charge in [0.15, 0.2) is 34.6 Å². The van der Waals surface area contributed by atoms with Crippen molar-refractivity contribution in [1.82, 2.24) is 0 Å². The first-order valence-corrected chi connectivity index (χ1v) is 10.1. The SMILES string of the molecule is COc1cc(/C=C/C(=O)CC(=O)/C=C/c2ccc(OCC=C(C)C)c(OC)c2)ccc1O. The Bertz CT molecular complexity index is 1040. The van der Waals surface area contributed by atoms with E-state index in [0.29, 0.717) is 29.4 Å². The highest BCUT2D eigenvalue weighted by molar-refractivity contribution is 6.10. The van der Waals surface area contributed by atoms with Crippen LogP contribution in [0.4, 0.5) is 0 Å². The third-order valence-electron chi connectivity index (χ3n) is 4.39. The van der Waals surface area contributed by atoms with Crippen LogP contribution in [0, 0.1) is 0 Å². The zero-order chi connectivity index (χ0) is 23.5. The third-order valence-corrected chi connectivity index (χ3v) is 4.39. The molecule has 0 bridgehead atoms. The highest BCUT2D eigenvalue weighted by Gasteiger charge is 2.07. The molecule has 6 nitrogen and oxygen atoms in total. The highest BCUT2D eigenvalue weighted by Crippen LogP contribution is 2.29. The second-order valence-corrected chi connectivity index (χ2v) is 7.21. The van der Waals surface area contributed by atoms with Gasteiger partial charge < -0.3 is 19.3 Å². The van der Waals surface area contributed by atoms with Gasteiger partial charge in [-0.25, -0.2) is 0 Å². The monoisotopic (exact) mass is 436 g/mol. The topological polar surface area (TPSA) is 82.1 Å². The molecular formula is C26H28O6. The summed E-state index contributed by atoms with van der Waals surface area (Å²) in [5, 5.41) is 9.61. The summed E-state index contributed by atoms with van der Waals surface area (Å²) in [6, 6.07) is 10.1. The lowest BCUT2D eigenvalue weighted by Gasteiger charge is -2.10. The normalized spacial score (nSPS) is 10.9. The van der Waals surface area contributed by atoms with Crippen molar-refractivity contribution in [3.05, 3.63) is 71.3 Å². The van der Waals surface area contributed by atoms with Gasteiger partial charge in [0.25, 0.3) is 0 Å². The summed E-state index contributed by atoms with van der Waals surface area (Å²) in [6.07, 6.45) is 7.62. The molecule has 0 spiro atoms. The maximum absolute atomic E-state index is 12.2. The van der Waals surface area contributed by atoms with Gasteiger partial charge >= 0.3 is 0 Å². The average Bonchev–Trinajstić information content (AvgIpc) is 2.77. The van der Waals surface area contributed by atoms with Crippen LogP contribution in [0.15, 0.2) is 60.2 Å². The summed E-state index contributed by atoms with van der Waals surface area (Å²) in [5.74, 6) is 0.852.